The van der Waals surface area contributed by atoms with E-state index in [1.54, 1.807) is 25.3 Å². The molecule has 2 rings (SSSR count). The van der Waals surface area contributed by atoms with Gasteiger partial charge < -0.3 is 20.1 Å². The number of carbonyl (C=O) groups is 2. The highest BCUT2D eigenvalue weighted by Gasteiger charge is 2.25. The molecule has 1 saturated heterocycles. The second kappa shape index (κ2) is 6.51. The van der Waals surface area contributed by atoms with Crippen LogP contribution in [0.3, 0.4) is 0 Å². The van der Waals surface area contributed by atoms with E-state index in [9.17, 15) is 9.59 Å². The highest BCUT2D eigenvalue weighted by Crippen LogP contribution is 2.29. The Balaban J connectivity index is 2.05. The number of amides is 2. The first-order valence-corrected chi connectivity index (χ1v) is 7.19. The molecule has 1 unspecified atom stereocenters. The van der Waals surface area contributed by atoms with Gasteiger partial charge in [0.05, 0.1) is 20.0 Å². The Labute approximate surface area is 121 Å². The first-order chi connectivity index (χ1) is 9.63. The molecule has 108 valence electrons. The van der Waals surface area contributed by atoms with Crippen molar-refractivity contribution >= 4 is 29.3 Å². The van der Waals surface area contributed by atoms with Gasteiger partial charge in [-0.25, -0.2) is 0 Å². The summed E-state index contributed by atoms with van der Waals surface area (Å²) in [4.78, 5) is 23.3. The molecule has 1 fully saturated rings. The number of benzene rings is 1. The van der Waals surface area contributed by atoms with Gasteiger partial charge in [0.25, 0.3) is 0 Å². The van der Waals surface area contributed by atoms with Crippen LogP contribution in [0, 0.1) is 0 Å². The molecule has 0 radical (unpaired) electrons. The topological polar surface area (TPSA) is 76.7 Å². The maximum atomic E-state index is 12.1. The number of hydrogen-bond donors (Lipinski definition) is 2. The van der Waals surface area contributed by atoms with Crippen molar-refractivity contribution in [2.75, 3.05) is 31.0 Å². The lowest BCUT2D eigenvalue weighted by atomic mass is 10.2. The summed E-state index contributed by atoms with van der Waals surface area (Å²) < 4.78 is 10.3. The lowest BCUT2D eigenvalue weighted by Gasteiger charge is -2.22. The molecule has 1 heterocycles. The van der Waals surface area contributed by atoms with Crippen molar-refractivity contribution in [2.45, 2.75) is 6.04 Å². The van der Waals surface area contributed by atoms with E-state index in [1.165, 1.54) is 18.9 Å². The summed E-state index contributed by atoms with van der Waals surface area (Å²) in [5.74, 6) is 1.75. The largest absolute Gasteiger partial charge is 0.493 e. The zero-order valence-corrected chi connectivity index (χ0v) is 12.1. The molecule has 0 saturated carbocycles. The van der Waals surface area contributed by atoms with Crippen LogP contribution in [-0.2, 0) is 9.59 Å². The monoisotopic (exact) mass is 296 g/mol. The number of hydrogen-bond acceptors (Lipinski definition) is 5. The highest BCUT2D eigenvalue weighted by atomic mass is 32.2. The van der Waals surface area contributed by atoms with Crippen LogP contribution < -0.4 is 20.1 Å². The standard InChI is InChI=1S/C13H16N2O4S/c1-18-10-4-3-8(5-11(10)19-2)14-13(17)9-6-20-7-12(16)15-9/h3-5,9H,6-7H2,1-2H3,(H,14,17)(H,15,16). The molecular formula is C13H16N2O4S. The van der Waals surface area contributed by atoms with Gasteiger partial charge in [-0.15, -0.1) is 11.8 Å². The molecule has 1 aromatic rings. The molecule has 6 nitrogen and oxygen atoms in total. The van der Waals surface area contributed by atoms with E-state index in [0.29, 0.717) is 28.7 Å². The minimum absolute atomic E-state index is 0.117. The number of thioether (sulfide) groups is 1. The Morgan fingerprint density at radius 1 is 1.35 bits per heavy atom. The molecular weight excluding hydrogens is 280 g/mol. The SMILES string of the molecule is COc1ccc(NC(=O)C2CSCC(=O)N2)cc1OC. The third-order valence-electron chi connectivity index (χ3n) is 2.82. The lowest BCUT2D eigenvalue weighted by Crippen LogP contribution is -2.49. The molecule has 0 spiro atoms. The second-order valence-electron chi connectivity index (χ2n) is 4.19. The maximum Gasteiger partial charge on any atom is 0.247 e. The van der Waals surface area contributed by atoms with Crippen LogP contribution in [0.5, 0.6) is 11.5 Å². The van der Waals surface area contributed by atoms with Crippen LogP contribution >= 0.6 is 11.8 Å². The van der Waals surface area contributed by atoms with Crippen molar-refractivity contribution in [3.05, 3.63) is 18.2 Å². The average Bonchev–Trinajstić information content (AvgIpc) is 2.47. The lowest BCUT2D eigenvalue weighted by molar-refractivity contribution is -0.124. The summed E-state index contributed by atoms with van der Waals surface area (Å²) in [5, 5.41) is 5.42. The smallest absolute Gasteiger partial charge is 0.247 e. The normalized spacial score (nSPS) is 18.1. The van der Waals surface area contributed by atoms with Crippen LogP contribution in [0.15, 0.2) is 18.2 Å². The van der Waals surface area contributed by atoms with E-state index in [0.717, 1.165) is 0 Å². The van der Waals surface area contributed by atoms with E-state index in [-0.39, 0.29) is 11.8 Å². The summed E-state index contributed by atoms with van der Waals surface area (Å²) >= 11 is 1.45. The molecule has 2 N–H and O–H groups in total. The number of nitrogens with one attached hydrogen (secondary N) is 2. The molecule has 0 aliphatic carbocycles. The number of methoxy groups -OCH3 is 2. The molecule has 1 aliphatic heterocycles. The van der Waals surface area contributed by atoms with Crippen LogP contribution in [0.2, 0.25) is 0 Å². The quantitative estimate of drug-likeness (QED) is 0.862. The van der Waals surface area contributed by atoms with Gasteiger partial charge in [-0.05, 0) is 12.1 Å². The van der Waals surface area contributed by atoms with Gasteiger partial charge >= 0.3 is 0 Å². The first kappa shape index (κ1) is 14.5. The molecule has 7 heteroatoms. The Kier molecular flexibility index (Phi) is 4.73. The zero-order chi connectivity index (χ0) is 14.5. The van der Waals surface area contributed by atoms with Crippen molar-refractivity contribution in [3.8, 4) is 11.5 Å². The second-order valence-corrected chi connectivity index (χ2v) is 5.22. The van der Waals surface area contributed by atoms with Crippen molar-refractivity contribution < 1.29 is 19.1 Å². The summed E-state index contributed by atoms with van der Waals surface area (Å²) in [7, 11) is 3.08. The van der Waals surface area contributed by atoms with Gasteiger partial charge in [-0.3, -0.25) is 9.59 Å². The van der Waals surface area contributed by atoms with Crippen LogP contribution in [-0.4, -0.2) is 43.6 Å². The minimum atomic E-state index is -0.505. The van der Waals surface area contributed by atoms with Gasteiger partial charge in [0.2, 0.25) is 11.8 Å². The summed E-state index contributed by atoms with van der Waals surface area (Å²) in [6.45, 7) is 0. The van der Waals surface area contributed by atoms with E-state index in [4.69, 9.17) is 9.47 Å². The molecule has 0 aromatic heterocycles. The van der Waals surface area contributed by atoms with Crippen molar-refractivity contribution in [1.82, 2.24) is 5.32 Å². The summed E-state index contributed by atoms with van der Waals surface area (Å²) in [6, 6.07) is 4.60. The zero-order valence-electron chi connectivity index (χ0n) is 11.3. The molecule has 1 atom stereocenters. The van der Waals surface area contributed by atoms with Crippen molar-refractivity contribution in [2.24, 2.45) is 0 Å². The Morgan fingerprint density at radius 2 is 2.10 bits per heavy atom. The molecule has 0 bridgehead atoms. The van der Waals surface area contributed by atoms with Gasteiger partial charge in [-0.1, -0.05) is 0 Å². The summed E-state index contributed by atoms with van der Waals surface area (Å²) in [5.41, 5.74) is 0.595. The number of carbonyl (C=O) groups excluding carboxylic acids is 2. The molecule has 1 aliphatic rings. The maximum absolute atomic E-state index is 12.1. The van der Waals surface area contributed by atoms with Gasteiger partial charge in [0.15, 0.2) is 11.5 Å². The van der Waals surface area contributed by atoms with E-state index in [1.807, 2.05) is 0 Å². The Morgan fingerprint density at radius 3 is 2.75 bits per heavy atom. The third kappa shape index (κ3) is 3.36. The minimum Gasteiger partial charge on any atom is -0.493 e. The van der Waals surface area contributed by atoms with Crippen molar-refractivity contribution in [3.63, 3.8) is 0 Å². The van der Waals surface area contributed by atoms with Crippen LogP contribution in [0.4, 0.5) is 5.69 Å². The van der Waals surface area contributed by atoms with Gasteiger partial charge in [0.1, 0.15) is 6.04 Å². The average molecular weight is 296 g/mol. The predicted octanol–water partition coefficient (Wildman–Crippen LogP) is 0.874. The fraction of sp³-hybridized carbons (Fsp3) is 0.385. The fourth-order valence-corrected chi connectivity index (χ4v) is 2.69. The Hall–Kier alpha value is -1.89. The Bertz CT molecular complexity index is 521. The van der Waals surface area contributed by atoms with E-state index in [2.05, 4.69) is 10.6 Å². The highest BCUT2D eigenvalue weighted by molar-refractivity contribution is 8.00. The number of rotatable bonds is 4. The molecule has 20 heavy (non-hydrogen) atoms. The van der Waals surface area contributed by atoms with Crippen molar-refractivity contribution in [1.29, 1.82) is 0 Å². The third-order valence-corrected chi connectivity index (χ3v) is 3.86. The number of ether oxygens (including phenoxy) is 2. The first-order valence-electron chi connectivity index (χ1n) is 6.04. The molecule has 1 aromatic carbocycles. The predicted molar refractivity (Wildman–Crippen MR) is 77.4 cm³/mol. The number of anilines is 1. The van der Waals surface area contributed by atoms with Crippen LogP contribution in [0.1, 0.15) is 0 Å². The van der Waals surface area contributed by atoms with E-state index >= 15 is 0 Å². The van der Waals surface area contributed by atoms with Gasteiger partial charge in [-0.2, -0.15) is 0 Å². The molecule has 2 amide bonds. The van der Waals surface area contributed by atoms with E-state index < -0.39 is 6.04 Å². The fourth-order valence-electron chi connectivity index (χ4n) is 1.83. The van der Waals surface area contributed by atoms with Gasteiger partial charge in [0, 0.05) is 17.5 Å². The van der Waals surface area contributed by atoms with Crippen LogP contribution in [0.25, 0.3) is 0 Å². The summed E-state index contributed by atoms with van der Waals surface area (Å²) in [6.07, 6.45) is 0.